The van der Waals surface area contributed by atoms with Crippen LogP contribution < -0.4 is 9.63 Å². The van der Waals surface area contributed by atoms with Gasteiger partial charge >= 0.3 is 0 Å². The van der Waals surface area contributed by atoms with Crippen LogP contribution >= 0.6 is 11.8 Å². The van der Waals surface area contributed by atoms with E-state index in [0.29, 0.717) is 11.6 Å². The van der Waals surface area contributed by atoms with Crippen molar-refractivity contribution in [3.05, 3.63) is 72.6 Å². The van der Waals surface area contributed by atoms with Gasteiger partial charge in [-0.25, -0.2) is 0 Å². The van der Waals surface area contributed by atoms with Crippen molar-refractivity contribution in [2.75, 3.05) is 17.2 Å². The summed E-state index contributed by atoms with van der Waals surface area (Å²) in [5, 5.41) is 12.1. The summed E-state index contributed by atoms with van der Waals surface area (Å²) in [6.07, 6.45) is 3.11. The van der Waals surface area contributed by atoms with E-state index in [1.807, 2.05) is 30.3 Å². The van der Waals surface area contributed by atoms with Gasteiger partial charge in [-0.3, -0.25) is 4.79 Å². The van der Waals surface area contributed by atoms with Gasteiger partial charge in [-0.05, 0) is 30.0 Å². The van der Waals surface area contributed by atoms with E-state index in [0.717, 1.165) is 10.4 Å². The van der Waals surface area contributed by atoms with Crippen LogP contribution in [0, 0.1) is 5.21 Å². The van der Waals surface area contributed by atoms with Crippen molar-refractivity contribution < 1.29 is 9.52 Å². The highest BCUT2D eigenvalue weighted by Crippen LogP contribution is 2.18. The highest BCUT2D eigenvalue weighted by Gasteiger charge is 2.16. The summed E-state index contributed by atoms with van der Waals surface area (Å²) in [6.45, 7) is 4.13. The predicted octanol–water partition coefficient (Wildman–Crippen LogP) is 2.63. The molecular weight excluding hydrogens is 284 g/mol. The van der Waals surface area contributed by atoms with E-state index in [-0.39, 0.29) is 11.7 Å². The van der Waals surface area contributed by atoms with Gasteiger partial charge in [0.25, 0.3) is 5.03 Å². The number of hydrogen-bond donors (Lipinski definition) is 0. The Balaban J connectivity index is 2.06. The number of para-hydroxylation sites is 1. The van der Waals surface area contributed by atoms with Crippen molar-refractivity contribution in [3.63, 3.8) is 0 Å². The molecule has 2 rings (SSSR count). The molecule has 0 unspecified atom stereocenters. The molecule has 4 nitrogen and oxygen atoms in total. The highest BCUT2D eigenvalue weighted by molar-refractivity contribution is 7.99. The lowest BCUT2D eigenvalue weighted by Crippen LogP contribution is -2.33. The molecule has 0 fully saturated rings. The van der Waals surface area contributed by atoms with Gasteiger partial charge in [0.15, 0.2) is 6.20 Å². The summed E-state index contributed by atoms with van der Waals surface area (Å²) in [7, 11) is 0. The third kappa shape index (κ3) is 4.10. The zero-order valence-corrected chi connectivity index (χ0v) is 12.3. The summed E-state index contributed by atoms with van der Waals surface area (Å²) in [5.74, 6) is 0.143. The van der Waals surface area contributed by atoms with Crippen LogP contribution in [0.4, 0.5) is 5.69 Å². The molecule has 21 heavy (non-hydrogen) atoms. The minimum absolute atomic E-state index is 0.0602. The summed E-state index contributed by atoms with van der Waals surface area (Å²) in [4.78, 5) is 14.0. The van der Waals surface area contributed by atoms with Gasteiger partial charge in [0.2, 0.25) is 5.91 Å². The van der Waals surface area contributed by atoms with E-state index in [1.54, 1.807) is 29.2 Å². The van der Waals surface area contributed by atoms with Gasteiger partial charge in [-0.1, -0.05) is 24.3 Å². The molecular formula is C16H16N2O2S. The Morgan fingerprint density at radius 3 is 2.62 bits per heavy atom. The molecule has 0 aliphatic carbocycles. The Kier molecular flexibility index (Phi) is 5.40. The molecule has 1 heterocycles. The van der Waals surface area contributed by atoms with Crippen LogP contribution in [0.3, 0.4) is 0 Å². The van der Waals surface area contributed by atoms with E-state index in [4.69, 9.17) is 0 Å². The number of benzene rings is 1. The number of rotatable bonds is 6. The van der Waals surface area contributed by atoms with Gasteiger partial charge in [0.1, 0.15) is 0 Å². The van der Waals surface area contributed by atoms with Crippen molar-refractivity contribution in [2.24, 2.45) is 0 Å². The van der Waals surface area contributed by atoms with Gasteiger partial charge in [-0.15, -0.1) is 6.58 Å². The second-order valence-electron chi connectivity index (χ2n) is 4.28. The Hall–Kier alpha value is -2.27. The highest BCUT2D eigenvalue weighted by atomic mass is 32.2. The number of hydrogen-bond acceptors (Lipinski definition) is 3. The average molecular weight is 300 g/mol. The zero-order chi connectivity index (χ0) is 15.1. The Bertz CT molecular complexity index is 617. The average Bonchev–Trinajstić information content (AvgIpc) is 2.52. The van der Waals surface area contributed by atoms with E-state index in [9.17, 15) is 10.0 Å². The second-order valence-corrected chi connectivity index (χ2v) is 5.28. The molecule has 2 aromatic rings. The molecule has 108 valence electrons. The quantitative estimate of drug-likeness (QED) is 0.356. The molecule has 0 atom stereocenters. The van der Waals surface area contributed by atoms with E-state index in [2.05, 4.69) is 6.58 Å². The van der Waals surface area contributed by atoms with Crippen molar-refractivity contribution in [1.29, 1.82) is 0 Å². The van der Waals surface area contributed by atoms with Crippen molar-refractivity contribution in [2.45, 2.75) is 5.03 Å². The number of nitrogens with zero attached hydrogens (tertiary/aromatic N) is 2. The first kappa shape index (κ1) is 15.1. The topological polar surface area (TPSA) is 47.2 Å². The molecule has 1 aromatic heterocycles. The minimum atomic E-state index is -0.0602. The number of anilines is 1. The largest absolute Gasteiger partial charge is 0.618 e. The SMILES string of the molecule is C=CCN(C(=O)CSc1cccc[n+]1[O-])c1ccccc1. The lowest BCUT2D eigenvalue weighted by Gasteiger charge is -2.20. The Labute approximate surface area is 128 Å². The fraction of sp³-hybridized carbons (Fsp3) is 0.125. The van der Waals surface area contributed by atoms with Crippen LogP contribution in [-0.4, -0.2) is 18.2 Å². The molecule has 0 spiro atoms. The number of pyridine rings is 1. The van der Waals surface area contributed by atoms with Gasteiger partial charge < -0.3 is 10.1 Å². The van der Waals surface area contributed by atoms with Gasteiger partial charge in [-0.2, -0.15) is 4.73 Å². The fourth-order valence-electron chi connectivity index (χ4n) is 1.83. The normalized spacial score (nSPS) is 10.1. The third-order valence-corrected chi connectivity index (χ3v) is 3.82. The van der Waals surface area contributed by atoms with Crippen LogP contribution in [0.15, 0.2) is 72.4 Å². The summed E-state index contributed by atoms with van der Waals surface area (Å²) in [6, 6.07) is 14.6. The Morgan fingerprint density at radius 1 is 1.24 bits per heavy atom. The monoisotopic (exact) mass is 300 g/mol. The predicted molar refractivity (Wildman–Crippen MR) is 85.1 cm³/mol. The molecule has 0 saturated carbocycles. The van der Waals surface area contributed by atoms with Crippen molar-refractivity contribution in [3.8, 4) is 0 Å². The zero-order valence-electron chi connectivity index (χ0n) is 11.5. The first-order valence-electron chi connectivity index (χ1n) is 6.49. The second kappa shape index (κ2) is 7.50. The maximum Gasteiger partial charge on any atom is 0.251 e. The molecule has 0 radical (unpaired) electrons. The summed E-state index contributed by atoms with van der Waals surface area (Å²) < 4.78 is 0.762. The van der Waals surface area contributed by atoms with Crippen LogP contribution in [0.1, 0.15) is 0 Å². The third-order valence-electron chi connectivity index (χ3n) is 2.81. The summed E-state index contributed by atoms with van der Waals surface area (Å²) >= 11 is 1.23. The summed E-state index contributed by atoms with van der Waals surface area (Å²) in [5.41, 5.74) is 0.825. The minimum Gasteiger partial charge on any atom is -0.618 e. The number of carbonyl (C=O) groups excluding carboxylic acids is 1. The molecule has 5 heteroatoms. The maximum absolute atomic E-state index is 12.4. The van der Waals surface area contributed by atoms with Crippen LogP contribution in [0.25, 0.3) is 0 Å². The molecule has 1 aromatic carbocycles. The molecule has 1 amide bonds. The van der Waals surface area contributed by atoms with Gasteiger partial charge in [0.05, 0.1) is 5.75 Å². The van der Waals surface area contributed by atoms with E-state index >= 15 is 0 Å². The first-order chi connectivity index (χ1) is 10.2. The molecule has 0 aliphatic heterocycles. The van der Waals surface area contributed by atoms with E-state index < -0.39 is 0 Å². The lowest BCUT2D eigenvalue weighted by atomic mass is 10.3. The van der Waals surface area contributed by atoms with Crippen LogP contribution in [0.2, 0.25) is 0 Å². The Morgan fingerprint density at radius 2 is 1.95 bits per heavy atom. The number of aromatic nitrogens is 1. The first-order valence-corrected chi connectivity index (χ1v) is 7.48. The lowest BCUT2D eigenvalue weighted by molar-refractivity contribution is -0.645. The molecule has 0 bridgehead atoms. The van der Waals surface area contributed by atoms with Gasteiger partial charge in [0, 0.05) is 24.4 Å². The molecule has 0 N–H and O–H groups in total. The van der Waals surface area contributed by atoms with E-state index in [1.165, 1.54) is 18.0 Å². The standard InChI is InChI=1S/C16H16N2O2S/c1-2-11-17(14-8-4-3-5-9-14)15(19)13-21-16-10-6-7-12-18(16)20/h2-10,12H,1,11,13H2. The fourth-order valence-corrected chi connectivity index (χ4v) is 2.62. The van der Waals surface area contributed by atoms with Crippen molar-refractivity contribution in [1.82, 2.24) is 0 Å². The van der Waals surface area contributed by atoms with Crippen LogP contribution in [0.5, 0.6) is 0 Å². The number of thioether (sulfide) groups is 1. The maximum atomic E-state index is 12.4. The van der Waals surface area contributed by atoms with Crippen LogP contribution in [-0.2, 0) is 4.79 Å². The number of carbonyl (C=O) groups is 1. The molecule has 0 saturated heterocycles. The molecule has 0 aliphatic rings. The van der Waals surface area contributed by atoms with Crippen molar-refractivity contribution >= 4 is 23.4 Å². The number of amides is 1. The smallest absolute Gasteiger partial charge is 0.251 e.